The van der Waals surface area contributed by atoms with Crippen molar-refractivity contribution in [3.63, 3.8) is 0 Å². The standard InChI is InChI=1S/C18H28N6S/c1-2-17-23-21-14-24(17)12-11-20-18(22-15-6-3-4-7-15)19-10-9-16-8-5-13-25-16/h5,8,13-15H,2-4,6-7,9-12H2,1H3,(H2,19,20,22). The van der Waals surface area contributed by atoms with Gasteiger partial charge < -0.3 is 15.2 Å². The summed E-state index contributed by atoms with van der Waals surface area (Å²) >= 11 is 1.80. The minimum absolute atomic E-state index is 0.564. The Bertz CT molecular complexity index is 642. The second-order valence-corrected chi connectivity index (χ2v) is 7.44. The SMILES string of the molecule is CCc1nncn1CCNC(=NCCc1cccs1)NC1CCCC1. The summed E-state index contributed by atoms with van der Waals surface area (Å²) in [5.74, 6) is 1.97. The fourth-order valence-corrected chi connectivity index (χ4v) is 3.88. The maximum atomic E-state index is 4.78. The van der Waals surface area contributed by atoms with Gasteiger partial charge >= 0.3 is 0 Å². The molecule has 25 heavy (non-hydrogen) atoms. The van der Waals surface area contributed by atoms with E-state index in [0.29, 0.717) is 6.04 Å². The molecule has 1 aliphatic rings. The molecule has 0 atom stereocenters. The first kappa shape index (κ1) is 17.9. The third-order valence-corrected chi connectivity index (χ3v) is 5.50. The van der Waals surface area contributed by atoms with Crippen molar-refractivity contribution in [2.75, 3.05) is 13.1 Å². The van der Waals surface area contributed by atoms with E-state index in [1.165, 1.54) is 30.6 Å². The first-order chi connectivity index (χ1) is 12.3. The Kier molecular flexibility index (Phi) is 6.85. The van der Waals surface area contributed by atoms with Crippen molar-refractivity contribution in [3.05, 3.63) is 34.5 Å². The van der Waals surface area contributed by atoms with Gasteiger partial charge in [-0.25, -0.2) is 0 Å². The number of hydrogen-bond donors (Lipinski definition) is 2. The Hall–Kier alpha value is -1.89. The Morgan fingerprint density at radius 3 is 3.04 bits per heavy atom. The van der Waals surface area contributed by atoms with E-state index >= 15 is 0 Å². The highest BCUT2D eigenvalue weighted by atomic mass is 32.1. The van der Waals surface area contributed by atoms with Gasteiger partial charge in [-0.3, -0.25) is 4.99 Å². The molecule has 2 N–H and O–H groups in total. The number of aromatic nitrogens is 3. The van der Waals surface area contributed by atoms with Gasteiger partial charge in [0.15, 0.2) is 5.96 Å². The van der Waals surface area contributed by atoms with Crippen LogP contribution in [0.15, 0.2) is 28.8 Å². The second kappa shape index (κ2) is 9.56. The summed E-state index contributed by atoms with van der Waals surface area (Å²) < 4.78 is 2.10. The molecule has 0 spiro atoms. The minimum Gasteiger partial charge on any atom is -0.355 e. The van der Waals surface area contributed by atoms with Gasteiger partial charge in [-0.15, -0.1) is 21.5 Å². The summed E-state index contributed by atoms with van der Waals surface area (Å²) in [6.45, 7) is 4.59. The zero-order chi connectivity index (χ0) is 17.3. The molecule has 0 saturated heterocycles. The summed E-state index contributed by atoms with van der Waals surface area (Å²) in [7, 11) is 0. The van der Waals surface area contributed by atoms with Crippen LogP contribution in [0, 0.1) is 0 Å². The Morgan fingerprint density at radius 2 is 2.28 bits per heavy atom. The van der Waals surface area contributed by atoms with E-state index in [4.69, 9.17) is 4.99 Å². The van der Waals surface area contributed by atoms with Gasteiger partial charge in [0, 0.05) is 43.4 Å². The van der Waals surface area contributed by atoms with E-state index in [9.17, 15) is 0 Å². The second-order valence-electron chi connectivity index (χ2n) is 6.41. The van der Waals surface area contributed by atoms with E-state index in [1.54, 1.807) is 17.7 Å². The summed E-state index contributed by atoms with van der Waals surface area (Å²) in [6, 6.07) is 4.84. The molecule has 136 valence electrons. The largest absolute Gasteiger partial charge is 0.355 e. The molecule has 0 aromatic carbocycles. The number of aliphatic imine (C=N–C) groups is 1. The van der Waals surface area contributed by atoms with Crippen molar-refractivity contribution in [2.45, 2.75) is 58.0 Å². The number of aryl methyl sites for hydroxylation is 1. The van der Waals surface area contributed by atoms with Gasteiger partial charge in [0.05, 0.1) is 0 Å². The lowest BCUT2D eigenvalue weighted by molar-refractivity contribution is 0.593. The number of hydrogen-bond acceptors (Lipinski definition) is 4. The molecule has 2 aromatic heterocycles. The molecule has 0 bridgehead atoms. The Balaban J connectivity index is 1.51. The smallest absolute Gasteiger partial charge is 0.191 e. The quantitative estimate of drug-likeness (QED) is 0.561. The van der Waals surface area contributed by atoms with Crippen LogP contribution in [0.3, 0.4) is 0 Å². The molecule has 7 heteroatoms. The average molecular weight is 361 g/mol. The van der Waals surface area contributed by atoms with Crippen LogP contribution < -0.4 is 10.6 Å². The molecule has 2 aromatic rings. The monoisotopic (exact) mass is 360 g/mol. The van der Waals surface area contributed by atoms with Crippen LogP contribution >= 0.6 is 11.3 Å². The molecule has 2 heterocycles. The fourth-order valence-electron chi connectivity index (χ4n) is 3.18. The van der Waals surface area contributed by atoms with Gasteiger partial charge in [-0.1, -0.05) is 25.8 Å². The minimum atomic E-state index is 0.564. The average Bonchev–Trinajstić information content (AvgIpc) is 3.37. The Morgan fingerprint density at radius 1 is 1.40 bits per heavy atom. The van der Waals surface area contributed by atoms with Crippen molar-refractivity contribution in [1.82, 2.24) is 25.4 Å². The van der Waals surface area contributed by atoms with Crippen LogP contribution in [-0.4, -0.2) is 39.9 Å². The first-order valence-electron chi connectivity index (χ1n) is 9.29. The van der Waals surface area contributed by atoms with Crippen LogP contribution in [0.4, 0.5) is 0 Å². The van der Waals surface area contributed by atoms with Crippen LogP contribution in [0.1, 0.15) is 43.3 Å². The number of nitrogens with one attached hydrogen (secondary N) is 2. The molecular weight excluding hydrogens is 332 g/mol. The number of thiophene rings is 1. The lowest BCUT2D eigenvalue weighted by atomic mass is 10.2. The van der Waals surface area contributed by atoms with Gasteiger partial charge in [-0.2, -0.15) is 0 Å². The van der Waals surface area contributed by atoms with Gasteiger partial charge in [-0.05, 0) is 24.3 Å². The first-order valence-corrected chi connectivity index (χ1v) is 10.2. The molecule has 3 rings (SSSR count). The maximum Gasteiger partial charge on any atom is 0.191 e. The van der Waals surface area contributed by atoms with Gasteiger partial charge in [0.2, 0.25) is 0 Å². The molecule has 0 radical (unpaired) electrons. The fraction of sp³-hybridized carbons (Fsp3) is 0.611. The van der Waals surface area contributed by atoms with Crippen LogP contribution in [0.25, 0.3) is 0 Å². The number of guanidine groups is 1. The summed E-state index contributed by atoms with van der Waals surface area (Å²) in [5, 5.41) is 17.3. The topological polar surface area (TPSA) is 67.1 Å². The van der Waals surface area contributed by atoms with Crippen molar-refractivity contribution in [1.29, 1.82) is 0 Å². The van der Waals surface area contributed by atoms with E-state index in [0.717, 1.165) is 44.3 Å². The third kappa shape index (κ3) is 5.56. The molecule has 0 amide bonds. The summed E-state index contributed by atoms with van der Waals surface area (Å²) in [6.07, 6.45) is 8.84. The summed E-state index contributed by atoms with van der Waals surface area (Å²) in [5.41, 5.74) is 0. The van der Waals surface area contributed by atoms with E-state index in [-0.39, 0.29) is 0 Å². The Labute approximate surface area is 153 Å². The lowest BCUT2D eigenvalue weighted by Crippen LogP contribution is -2.43. The van der Waals surface area contributed by atoms with E-state index < -0.39 is 0 Å². The van der Waals surface area contributed by atoms with Crippen molar-refractivity contribution >= 4 is 17.3 Å². The van der Waals surface area contributed by atoms with Crippen molar-refractivity contribution in [3.8, 4) is 0 Å². The molecule has 1 saturated carbocycles. The molecule has 1 fully saturated rings. The van der Waals surface area contributed by atoms with Crippen LogP contribution in [0.2, 0.25) is 0 Å². The third-order valence-electron chi connectivity index (χ3n) is 4.56. The van der Waals surface area contributed by atoms with E-state index in [2.05, 4.69) is 49.8 Å². The molecule has 0 aliphatic heterocycles. The maximum absolute atomic E-state index is 4.78. The molecule has 6 nitrogen and oxygen atoms in total. The van der Waals surface area contributed by atoms with Gasteiger partial charge in [0.1, 0.15) is 12.2 Å². The van der Waals surface area contributed by atoms with E-state index in [1.807, 2.05) is 0 Å². The summed E-state index contributed by atoms with van der Waals surface area (Å²) in [4.78, 5) is 6.17. The zero-order valence-corrected chi connectivity index (χ0v) is 15.8. The molecule has 0 unspecified atom stereocenters. The molecular formula is C18H28N6S. The number of rotatable bonds is 8. The lowest BCUT2D eigenvalue weighted by Gasteiger charge is -2.17. The highest BCUT2D eigenvalue weighted by Crippen LogP contribution is 2.17. The van der Waals surface area contributed by atoms with Gasteiger partial charge in [0.25, 0.3) is 0 Å². The predicted molar refractivity (Wildman–Crippen MR) is 103 cm³/mol. The highest BCUT2D eigenvalue weighted by molar-refractivity contribution is 7.09. The van der Waals surface area contributed by atoms with Crippen molar-refractivity contribution < 1.29 is 0 Å². The van der Waals surface area contributed by atoms with Crippen LogP contribution in [-0.2, 0) is 19.4 Å². The predicted octanol–water partition coefficient (Wildman–Crippen LogP) is 2.62. The zero-order valence-electron chi connectivity index (χ0n) is 14.9. The van der Waals surface area contributed by atoms with Crippen molar-refractivity contribution in [2.24, 2.45) is 4.99 Å². The molecule has 1 aliphatic carbocycles. The number of nitrogens with zero attached hydrogens (tertiary/aromatic N) is 4. The van der Waals surface area contributed by atoms with Crippen LogP contribution in [0.5, 0.6) is 0 Å². The normalized spacial score (nSPS) is 15.6. The highest BCUT2D eigenvalue weighted by Gasteiger charge is 2.16.